The van der Waals surface area contributed by atoms with E-state index in [9.17, 15) is 13.2 Å². The van der Waals surface area contributed by atoms with Gasteiger partial charge in [-0.05, 0) is 54.8 Å². The van der Waals surface area contributed by atoms with E-state index in [2.05, 4.69) is 5.32 Å². The number of nitrogens with zero attached hydrogens (tertiary/aromatic N) is 2. The Morgan fingerprint density at radius 1 is 1.12 bits per heavy atom. The molecule has 0 saturated carbocycles. The molecule has 1 N–H and O–H groups in total. The van der Waals surface area contributed by atoms with Gasteiger partial charge in [0.05, 0.1) is 11.9 Å². The molecule has 3 rings (SSSR count). The number of carbonyl (C=O) groups is 1. The highest BCUT2D eigenvalue weighted by Crippen LogP contribution is 2.31. The van der Waals surface area contributed by atoms with E-state index in [0.29, 0.717) is 23.5 Å². The summed E-state index contributed by atoms with van der Waals surface area (Å²) < 4.78 is 25.5. The zero-order chi connectivity index (χ0) is 18.9. The van der Waals surface area contributed by atoms with Crippen LogP contribution in [0.25, 0.3) is 0 Å². The Kier molecular flexibility index (Phi) is 4.91. The molecule has 2 aromatic rings. The van der Waals surface area contributed by atoms with Crippen LogP contribution in [0.15, 0.2) is 42.5 Å². The van der Waals surface area contributed by atoms with Crippen LogP contribution >= 0.6 is 0 Å². The van der Waals surface area contributed by atoms with Crippen LogP contribution < -0.4 is 14.5 Å². The van der Waals surface area contributed by atoms with E-state index in [0.717, 1.165) is 24.1 Å². The first-order valence-electron chi connectivity index (χ1n) is 8.45. The molecule has 0 spiro atoms. The molecule has 0 aliphatic carbocycles. The first kappa shape index (κ1) is 18.3. The molecule has 138 valence electrons. The summed E-state index contributed by atoms with van der Waals surface area (Å²) >= 11 is 0. The third-order valence-electron chi connectivity index (χ3n) is 4.47. The third-order valence-corrected chi connectivity index (χ3v) is 5.65. The lowest BCUT2D eigenvalue weighted by molar-refractivity contribution is 0.102. The van der Waals surface area contributed by atoms with Crippen molar-refractivity contribution in [1.82, 2.24) is 0 Å². The SMILES string of the molecule is CN(C)c1ccc(C(=O)Nc2ccc3c(c2)N(S(C)(=O)=O)CCC3)cc1. The zero-order valence-corrected chi connectivity index (χ0v) is 16.0. The largest absolute Gasteiger partial charge is 0.378 e. The smallest absolute Gasteiger partial charge is 0.255 e. The van der Waals surface area contributed by atoms with Crippen molar-refractivity contribution >= 4 is 33.0 Å². The molecule has 1 amide bonds. The summed E-state index contributed by atoms with van der Waals surface area (Å²) in [4.78, 5) is 14.4. The maximum absolute atomic E-state index is 12.5. The van der Waals surface area contributed by atoms with E-state index in [1.54, 1.807) is 18.2 Å². The Morgan fingerprint density at radius 2 is 1.81 bits per heavy atom. The summed E-state index contributed by atoms with van der Waals surface area (Å²) in [5.74, 6) is -0.225. The standard InChI is InChI=1S/C19H23N3O3S/c1-21(2)17-10-7-15(8-11-17)19(23)20-16-9-6-14-5-4-12-22(18(14)13-16)26(3,24)25/h6-11,13H,4-5,12H2,1-3H3,(H,20,23). The van der Waals surface area contributed by atoms with E-state index in [1.807, 2.05) is 43.3 Å². The van der Waals surface area contributed by atoms with Crippen LogP contribution in [0.2, 0.25) is 0 Å². The lowest BCUT2D eigenvalue weighted by Gasteiger charge is -2.29. The number of amides is 1. The van der Waals surface area contributed by atoms with Crippen molar-refractivity contribution in [3.8, 4) is 0 Å². The van der Waals surface area contributed by atoms with Gasteiger partial charge in [0.1, 0.15) is 0 Å². The molecule has 0 aromatic heterocycles. The Hall–Kier alpha value is -2.54. The molecule has 0 radical (unpaired) electrons. The zero-order valence-electron chi connectivity index (χ0n) is 15.2. The van der Waals surface area contributed by atoms with Gasteiger partial charge in [0.15, 0.2) is 0 Å². The Bertz CT molecular complexity index is 922. The minimum Gasteiger partial charge on any atom is -0.378 e. The van der Waals surface area contributed by atoms with Gasteiger partial charge in [-0.15, -0.1) is 0 Å². The third kappa shape index (κ3) is 3.83. The van der Waals surface area contributed by atoms with Crippen LogP contribution in [0.3, 0.4) is 0 Å². The number of hydrogen-bond acceptors (Lipinski definition) is 4. The molecule has 6 nitrogen and oxygen atoms in total. The molecule has 0 fully saturated rings. The fourth-order valence-electron chi connectivity index (χ4n) is 3.08. The summed E-state index contributed by atoms with van der Waals surface area (Å²) in [5, 5.41) is 2.85. The molecule has 0 saturated heterocycles. The van der Waals surface area contributed by atoms with Crippen molar-refractivity contribution in [3.63, 3.8) is 0 Å². The number of aryl methyl sites for hydroxylation is 1. The van der Waals surface area contributed by atoms with Crippen LogP contribution in [0.1, 0.15) is 22.3 Å². The summed E-state index contributed by atoms with van der Waals surface area (Å²) in [6.45, 7) is 0.467. The number of fused-ring (bicyclic) bond motifs is 1. The molecule has 7 heteroatoms. The predicted molar refractivity (Wildman–Crippen MR) is 106 cm³/mol. The Labute approximate surface area is 154 Å². The summed E-state index contributed by atoms with van der Waals surface area (Å²) in [5.41, 5.74) is 3.78. The lowest BCUT2D eigenvalue weighted by Crippen LogP contribution is -2.34. The van der Waals surface area contributed by atoms with E-state index >= 15 is 0 Å². The van der Waals surface area contributed by atoms with Gasteiger partial charge in [-0.2, -0.15) is 0 Å². The quantitative estimate of drug-likeness (QED) is 0.895. The van der Waals surface area contributed by atoms with Gasteiger partial charge >= 0.3 is 0 Å². The van der Waals surface area contributed by atoms with Crippen molar-refractivity contribution in [2.45, 2.75) is 12.8 Å². The van der Waals surface area contributed by atoms with Gasteiger partial charge < -0.3 is 10.2 Å². The molecular weight excluding hydrogens is 350 g/mol. The molecule has 2 aromatic carbocycles. The molecule has 0 bridgehead atoms. The van der Waals surface area contributed by atoms with Crippen LogP contribution in [0.4, 0.5) is 17.1 Å². The minimum absolute atomic E-state index is 0.225. The van der Waals surface area contributed by atoms with Gasteiger partial charge in [-0.3, -0.25) is 9.10 Å². The van der Waals surface area contributed by atoms with Crippen LogP contribution in [0, 0.1) is 0 Å². The molecular formula is C19H23N3O3S. The Morgan fingerprint density at radius 3 is 2.42 bits per heavy atom. The molecule has 1 aliphatic rings. The van der Waals surface area contributed by atoms with Gasteiger partial charge in [0.2, 0.25) is 10.0 Å². The van der Waals surface area contributed by atoms with Crippen molar-refractivity contribution in [2.75, 3.05) is 41.4 Å². The number of anilines is 3. The van der Waals surface area contributed by atoms with Crippen molar-refractivity contribution in [1.29, 1.82) is 0 Å². The number of nitrogens with one attached hydrogen (secondary N) is 1. The van der Waals surface area contributed by atoms with Crippen LogP contribution in [-0.4, -0.2) is 41.2 Å². The fourth-order valence-corrected chi connectivity index (χ4v) is 4.07. The maximum atomic E-state index is 12.5. The number of carbonyl (C=O) groups excluding carboxylic acids is 1. The minimum atomic E-state index is -3.33. The first-order valence-corrected chi connectivity index (χ1v) is 10.3. The highest BCUT2D eigenvalue weighted by atomic mass is 32.2. The molecule has 1 heterocycles. The fraction of sp³-hybridized carbons (Fsp3) is 0.316. The average molecular weight is 373 g/mol. The van der Waals surface area contributed by atoms with Crippen molar-refractivity contribution in [3.05, 3.63) is 53.6 Å². The molecule has 1 aliphatic heterocycles. The van der Waals surface area contributed by atoms with Gasteiger partial charge in [0, 0.05) is 37.6 Å². The topological polar surface area (TPSA) is 69.7 Å². The van der Waals surface area contributed by atoms with Crippen molar-refractivity contribution in [2.24, 2.45) is 0 Å². The second-order valence-electron chi connectivity index (χ2n) is 6.68. The first-order chi connectivity index (χ1) is 12.3. The monoisotopic (exact) mass is 373 g/mol. The van der Waals surface area contributed by atoms with Crippen molar-refractivity contribution < 1.29 is 13.2 Å². The van der Waals surface area contributed by atoms with Crippen LogP contribution in [0.5, 0.6) is 0 Å². The predicted octanol–water partition coefficient (Wildman–Crippen LogP) is 2.72. The Balaban J connectivity index is 1.83. The summed E-state index contributed by atoms with van der Waals surface area (Å²) in [6.07, 6.45) is 2.84. The highest BCUT2D eigenvalue weighted by molar-refractivity contribution is 7.92. The number of rotatable bonds is 4. The number of sulfonamides is 1. The second kappa shape index (κ2) is 6.99. The average Bonchev–Trinajstić information content (AvgIpc) is 2.60. The summed E-state index contributed by atoms with van der Waals surface area (Å²) in [6, 6.07) is 12.7. The summed E-state index contributed by atoms with van der Waals surface area (Å²) in [7, 11) is 0.547. The van der Waals surface area contributed by atoms with E-state index in [-0.39, 0.29) is 5.91 Å². The van der Waals surface area contributed by atoms with Crippen LogP contribution in [-0.2, 0) is 16.4 Å². The van der Waals surface area contributed by atoms with Gasteiger partial charge in [-0.25, -0.2) is 8.42 Å². The van der Waals surface area contributed by atoms with Gasteiger partial charge in [0.25, 0.3) is 5.91 Å². The highest BCUT2D eigenvalue weighted by Gasteiger charge is 2.24. The van der Waals surface area contributed by atoms with Gasteiger partial charge in [-0.1, -0.05) is 6.07 Å². The van der Waals surface area contributed by atoms with E-state index < -0.39 is 10.0 Å². The molecule has 0 atom stereocenters. The second-order valence-corrected chi connectivity index (χ2v) is 8.58. The normalized spacial score (nSPS) is 13.9. The molecule has 0 unspecified atom stereocenters. The number of benzene rings is 2. The number of hydrogen-bond donors (Lipinski definition) is 1. The van der Waals surface area contributed by atoms with E-state index in [4.69, 9.17) is 0 Å². The maximum Gasteiger partial charge on any atom is 0.255 e. The molecule has 26 heavy (non-hydrogen) atoms. The lowest BCUT2D eigenvalue weighted by atomic mass is 10.0. The van der Waals surface area contributed by atoms with E-state index in [1.165, 1.54) is 10.6 Å².